The van der Waals surface area contributed by atoms with Crippen LogP contribution in [0.25, 0.3) is 0 Å². The number of benzene rings is 2. The van der Waals surface area contributed by atoms with Crippen molar-refractivity contribution < 1.29 is 9.59 Å². The molecule has 1 saturated heterocycles. The number of Topliss-reactive ketones (excluding diaryl/α,β-unsaturated/α-hetero) is 1. The van der Waals surface area contributed by atoms with E-state index in [1.165, 1.54) is 11.1 Å². The van der Waals surface area contributed by atoms with Crippen LogP contribution in [0, 0.1) is 13.8 Å². The SMILES string of the molecule is CNC(=O)CN1CCN(CC(=O)c2cc(C)n(C(c3ccccc3)c3ccccc3)c2C)CC1. The molecule has 0 spiro atoms. The standard InChI is InChI=1S/C28H34N4O2/c1-21-18-25(26(33)19-30-14-16-31(17-15-30)20-27(34)29-3)22(2)32(21)28(23-10-6-4-7-11-23)24-12-8-5-9-13-24/h4-13,18,28H,14-17,19-20H2,1-3H3,(H,29,34). The number of nitrogens with one attached hydrogen (secondary N) is 1. The molecule has 4 rings (SSSR count). The molecule has 6 heteroatoms. The molecule has 0 atom stereocenters. The molecule has 0 radical (unpaired) electrons. The first-order valence-corrected chi connectivity index (χ1v) is 11.9. The summed E-state index contributed by atoms with van der Waals surface area (Å²) in [7, 11) is 1.66. The summed E-state index contributed by atoms with van der Waals surface area (Å²) in [6.45, 7) is 8.13. The lowest BCUT2D eigenvalue weighted by Gasteiger charge is -2.33. The first-order chi connectivity index (χ1) is 16.5. The van der Waals surface area contributed by atoms with Crippen LogP contribution in [0.4, 0.5) is 0 Å². The van der Waals surface area contributed by atoms with Crippen LogP contribution < -0.4 is 5.32 Å². The van der Waals surface area contributed by atoms with Crippen molar-refractivity contribution in [2.75, 3.05) is 46.3 Å². The van der Waals surface area contributed by atoms with Crippen molar-refractivity contribution in [2.24, 2.45) is 0 Å². The maximum absolute atomic E-state index is 13.4. The molecule has 1 aliphatic rings. The van der Waals surface area contributed by atoms with E-state index in [0.29, 0.717) is 13.1 Å². The average molecular weight is 459 g/mol. The Morgan fingerprint density at radius 1 is 0.824 bits per heavy atom. The number of likely N-dealkylation sites (N-methyl/N-ethyl adjacent to an activating group) is 1. The molecule has 2 heterocycles. The van der Waals surface area contributed by atoms with E-state index in [4.69, 9.17) is 0 Å². The molecule has 1 N–H and O–H groups in total. The van der Waals surface area contributed by atoms with Crippen LogP contribution in [0.2, 0.25) is 0 Å². The van der Waals surface area contributed by atoms with Gasteiger partial charge in [-0.25, -0.2) is 0 Å². The summed E-state index contributed by atoms with van der Waals surface area (Å²) in [6.07, 6.45) is 0. The van der Waals surface area contributed by atoms with Gasteiger partial charge in [0.15, 0.2) is 5.78 Å². The van der Waals surface area contributed by atoms with Crippen LogP contribution in [-0.4, -0.2) is 72.4 Å². The van der Waals surface area contributed by atoms with Crippen LogP contribution in [0.5, 0.6) is 0 Å². The number of aromatic nitrogens is 1. The molecule has 178 valence electrons. The summed E-state index contributed by atoms with van der Waals surface area (Å²) >= 11 is 0. The zero-order chi connectivity index (χ0) is 24.1. The highest BCUT2D eigenvalue weighted by molar-refractivity contribution is 5.99. The summed E-state index contributed by atoms with van der Waals surface area (Å²) in [6, 6.07) is 23.0. The highest BCUT2D eigenvalue weighted by Crippen LogP contribution is 2.31. The number of carbonyl (C=O) groups excluding carboxylic acids is 2. The van der Waals surface area contributed by atoms with Gasteiger partial charge in [-0.1, -0.05) is 60.7 Å². The van der Waals surface area contributed by atoms with Crippen molar-refractivity contribution in [2.45, 2.75) is 19.9 Å². The predicted octanol–water partition coefficient (Wildman–Crippen LogP) is 3.29. The molecule has 34 heavy (non-hydrogen) atoms. The van der Waals surface area contributed by atoms with E-state index in [9.17, 15) is 9.59 Å². The van der Waals surface area contributed by atoms with Gasteiger partial charge in [-0.3, -0.25) is 19.4 Å². The third kappa shape index (κ3) is 5.29. The fraction of sp³-hybridized carbons (Fsp3) is 0.357. The van der Waals surface area contributed by atoms with E-state index in [-0.39, 0.29) is 17.7 Å². The van der Waals surface area contributed by atoms with Gasteiger partial charge in [0.25, 0.3) is 0 Å². The predicted molar refractivity (Wildman–Crippen MR) is 135 cm³/mol. The third-order valence-electron chi connectivity index (χ3n) is 6.75. The molecule has 1 aliphatic heterocycles. The van der Waals surface area contributed by atoms with E-state index < -0.39 is 0 Å². The van der Waals surface area contributed by atoms with Gasteiger partial charge in [0.2, 0.25) is 5.91 Å². The summed E-state index contributed by atoms with van der Waals surface area (Å²) in [5, 5.41) is 2.67. The first kappa shape index (κ1) is 23.9. The Labute approximate surface area is 202 Å². The molecular formula is C28H34N4O2. The van der Waals surface area contributed by atoms with E-state index >= 15 is 0 Å². The second-order valence-electron chi connectivity index (χ2n) is 9.03. The smallest absolute Gasteiger partial charge is 0.233 e. The number of piperazine rings is 1. The van der Waals surface area contributed by atoms with Gasteiger partial charge in [-0.15, -0.1) is 0 Å². The molecule has 2 aromatic carbocycles. The Kier molecular flexibility index (Phi) is 7.60. The van der Waals surface area contributed by atoms with Gasteiger partial charge in [-0.05, 0) is 31.0 Å². The minimum absolute atomic E-state index is 0.0113. The summed E-state index contributed by atoms with van der Waals surface area (Å²) in [5.41, 5.74) is 5.26. The summed E-state index contributed by atoms with van der Waals surface area (Å²) in [4.78, 5) is 29.3. The van der Waals surface area contributed by atoms with Crippen molar-refractivity contribution in [3.05, 3.63) is 94.8 Å². The number of aryl methyl sites for hydroxylation is 1. The molecule has 6 nitrogen and oxygen atoms in total. The van der Waals surface area contributed by atoms with Gasteiger partial charge in [0.05, 0.1) is 19.1 Å². The summed E-state index contributed by atoms with van der Waals surface area (Å²) < 4.78 is 2.29. The zero-order valence-electron chi connectivity index (χ0n) is 20.3. The monoisotopic (exact) mass is 458 g/mol. The Morgan fingerprint density at radius 2 is 1.32 bits per heavy atom. The lowest BCUT2D eigenvalue weighted by Crippen LogP contribution is -2.50. The van der Waals surface area contributed by atoms with E-state index in [1.54, 1.807) is 7.05 Å². The van der Waals surface area contributed by atoms with Crippen LogP contribution in [0.1, 0.15) is 38.9 Å². The van der Waals surface area contributed by atoms with Crippen LogP contribution in [0.3, 0.4) is 0 Å². The normalized spacial score (nSPS) is 14.9. The molecule has 1 aromatic heterocycles. The van der Waals surface area contributed by atoms with Crippen molar-refractivity contribution >= 4 is 11.7 Å². The molecule has 0 bridgehead atoms. The van der Waals surface area contributed by atoms with Gasteiger partial charge < -0.3 is 9.88 Å². The maximum Gasteiger partial charge on any atom is 0.233 e. The van der Waals surface area contributed by atoms with Gasteiger partial charge >= 0.3 is 0 Å². The third-order valence-corrected chi connectivity index (χ3v) is 6.75. The van der Waals surface area contributed by atoms with E-state index in [2.05, 4.69) is 82.1 Å². The number of nitrogens with zero attached hydrogens (tertiary/aromatic N) is 3. The van der Waals surface area contributed by atoms with Crippen molar-refractivity contribution in [3.8, 4) is 0 Å². The van der Waals surface area contributed by atoms with E-state index in [1.807, 2.05) is 18.2 Å². The average Bonchev–Trinajstić information content (AvgIpc) is 3.16. The van der Waals surface area contributed by atoms with Crippen molar-refractivity contribution in [1.29, 1.82) is 0 Å². The Morgan fingerprint density at radius 3 is 1.82 bits per heavy atom. The van der Waals surface area contributed by atoms with Gasteiger partial charge in [0.1, 0.15) is 0 Å². The minimum atomic E-state index is 0.0113. The lowest BCUT2D eigenvalue weighted by molar-refractivity contribution is -0.122. The second-order valence-corrected chi connectivity index (χ2v) is 9.03. The molecule has 0 unspecified atom stereocenters. The van der Waals surface area contributed by atoms with Crippen molar-refractivity contribution in [1.82, 2.24) is 19.7 Å². The Balaban J connectivity index is 1.54. The molecule has 3 aromatic rings. The number of rotatable bonds is 8. The minimum Gasteiger partial charge on any atom is -0.358 e. The summed E-state index contributed by atoms with van der Waals surface area (Å²) in [5.74, 6) is 0.183. The number of carbonyl (C=O) groups is 2. The lowest BCUT2D eigenvalue weighted by atomic mass is 9.98. The Bertz CT molecular complexity index is 1080. The number of hydrogen-bond donors (Lipinski definition) is 1. The van der Waals surface area contributed by atoms with Gasteiger partial charge in [-0.2, -0.15) is 0 Å². The molecule has 1 fully saturated rings. The number of ketones is 1. The quantitative estimate of drug-likeness (QED) is 0.527. The maximum atomic E-state index is 13.4. The second kappa shape index (κ2) is 10.8. The first-order valence-electron chi connectivity index (χ1n) is 11.9. The number of hydrogen-bond acceptors (Lipinski definition) is 4. The molecule has 1 amide bonds. The molecule has 0 saturated carbocycles. The van der Waals surface area contributed by atoms with Crippen LogP contribution in [-0.2, 0) is 4.79 Å². The van der Waals surface area contributed by atoms with Crippen LogP contribution >= 0.6 is 0 Å². The fourth-order valence-electron chi connectivity index (χ4n) is 4.89. The zero-order valence-corrected chi connectivity index (χ0v) is 20.3. The topological polar surface area (TPSA) is 57.6 Å². The number of amides is 1. The fourth-order valence-corrected chi connectivity index (χ4v) is 4.89. The van der Waals surface area contributed by atoms with E-state index in [0.717, 1.165) is 43.1 Å². The highest BCUT2D eigenvalue weighted by atomic mass is 16.2. The molecular weight excluding hydrogens is 424 g/mol. The highest BCUT2D eigenvalue weighted by Gasteiger charge is 2.26. The van der Waals surface area contributed by atoms with Crippen molar-refractivity contribution in [3.63, 3.8) is 0 Å². The van der Waals surface area contributed by atoms with Gasteiger partial charge in [0, 0.05) is 50.2 Å². The largest absolute Gasteiger partial charge is 0.358 e. The van der Waals surface area contributed by atoms with Crippen LogP contribution in [0.15, 0.2) is 66.7 Å². The Hall–Kier alpha value is -3.22. The molecule has 0 aliphatic carbocycles.